The third-order valence-electron chi connectivity index (χ3n) is 5.61. The molecule has 0 fully saturated rings. The summed E-state index contributed by atoms with van der Waals surface area (Å²) < 4.78 is 0. The molecule has 0 atom stereocenters. The second-order valence-electron chi connectivity index (χ2n) is 7.65. The Morgan fingerprint density at radius 2 is 1.75 bits per heavy atom. The Hall–Kier alpha value is -4.32. The molecule has 1 aromatic heterocycles. The van der Waals surface area contributed by atoms with E-state index < -0.39 is 0 Å². The summed E-state index contributed by atoms with van der Waals surface area (Å²) in [5, 5.41) is 6.21. The molecule has 0 bridgehead atoms. The molecule has 2 heterocycles. The molecule has 0 radical (unpaired) electrons. The van der Waals surface area contributed by atoms with Crippen LogP contribution >= 0.6 is 0 Å². The van der Waals surface area contributed by atoms with E-state index in [1.807, 2.05) is 67.6 Å². The second kappa shape index (κ2) is 8.07. The molecule has 156 valence electrons. The Morgan fingerprint density at radius 3 is 2.50 bits per heavy atom. The van der Waals surface area contributed by atoms with Gasteiger partial charge in [-0.05, 0) is 48.2 Å². The van der Waals surface area contributed by atoms with Gasteiger partial charge in [0.2, 0.25) is 0 Å². The van der Waals surface area contributed by atoms with Crippen LogP contribution in [0.25, 0.3) is 10.8 Å². The van der Waals surface area contributed by atoms with Crippen LogP contribution in [-0.4, -0.2) is 22.5 Å². The van der Waals surface area contributed by atoms with Crippen molar-refractivity contribution in [1.29, 1.82) is 0 Å². The first-order valence-corrected chi connectivity index (χ1v) is 10.3. The van der Waals surface area contributed by atoms with Gasteiger partial charge in [-0.1, -0.05) is 42.5 Å². The van der Waals surface area contributed by atoms with E-state index in [2.05, 4.69) is 15.5 Å². The smallest absolute Gasteiger partial charge is 0.271 e. The van der Waals surface area contributed by atoms with Gasteiger partial charge in [0.25, 0.3) is 11.8 Å². The number of nitrogens with zero attached hydrogens (tertiary/aromatic N) is 3. The van der Waals surface area contributed by atoms with Gasteiger partial charge in [-0.3, -0.25) is 14.6 Å². The van der Waals surface area contributed by atoms with E-state index in [0.29, 0.717) is 17.8 Å². The van der Waals surface area contributed by atoms with Gasteiger partial charge in [0.05, 0.1) is 17.9 Å². The molecule has 5 rings (SSSR count). The van der Waals surface area contributed by atoms with E-state index in [1.165, 1.54) is 0 Å². The molecule has 32 heavy (non-hydrogen) atoms. The minimum atomic E-state index is -0.297. The van der Waals surface area contributed by atoms with E-state index in [0.717, 1.165) is 33.2 Å². The minimum Gasteiger partial charge on any atom is -0.303 e. The number of hydrogen-bond donors (Lipinski definition) is 1. The Labute approximate surface area is 185 Å². The van der Waals surface area contributed by atoms with Crippen molar-refractivity contribution >= 4 is 34.0 Å². The van der Waals surface area contributed by atoms with E-state index in [1.54, 1.807) is 29.4 Å². The molecule has 0 spiro atoms. The maximum Gasteiger partial charge on any atom is 0.271 e. The summed E-state index contributed by atoms with van der Waals surface area (Å²) in [6, 6.07) is 22.7. The molecular weight excluding hydrogens is 400 g/mol. The maximum atomic E-state index is 13.0. The van der Waals surface area contributed by atoms with E-state index >= 15 is 0 Å². The summed E-state index contributed by atoms with van der Waals surface area (Å²) in [4.78, 5) is 31.3. The van der Waals surface area contributed by atoms with Gasteiger partial charge in [0.15, 0.2) is 0 Å². The van der Waals surface area contributed by atoms with E-state index in [9.17, 15) is 9.59 Å². The SMILES string of the molecule is CC(=NNC(=O)c1ccc(CN2C(=O)c3cccc4cccc2c34)cc1)c1cccnc1. The van der Waals surface area contributed by atoms with Crippen molar-refractivity contribution in [2.45, 2.75) is 13.5 Å². The lowest BCUT2D eigenvalue weighted by Crippen LogP contribution is -2.26. The van der Waals surface area contributed by atoms with Crippen LogP contribution in [0.5, 0.6) is 0 Å². The van der Waals surface area contributed by atoms with Crippen LogP contribution in [-0.2, 0) is 6.54 Å². The van der Waals surface area contributed by atoms with Crippen molar-refractivity contribution in [1.82, 2.24) is 10.4 Å². The lowest BCUT2D eigenvalue weighted by atomic mass is 10.1. The number of nitrogens with one attached hydrogen (secondary N) is 1. The average molecular weight is 420 g/mol. The molecule has 6 nitrogen and oxygen atoms in total. The van der Waals surface area contributed by atoms with Crippen molar-refractivity contribution < 1.29 is 9.59 Å². The summed E-state index contributed by atoms with van der Waals surface area (Å²) in [7, 11) is 0. The Bertz CT molecular complexity index is 1360. The van der Waals surface area contributed by atoms with Gasteiger partial charge in [-0.25, -0.2) is 5.43 Å². The summed E-state index contributed by atoms with van der Waals surface area (Å²) in [5.41, 5.74) is 7.18. The van der Waals surface area contributed by atoms with E-state index in [4.69, 9.17) is 0 Å². The predicted molar refractivity (Wildman–Crippen MR) is 125 cm³/mol. The number of rotatable bonds is 5. The number of amides is 2. The number of hydrazone groups is 1. The van der Waals surface area contributed by atoms with Crippen LogP contribution in [0.15, 0.2) is 90.3 Å². The molecule has 1 aliphatic heterocycles. The van der Waals surface area contributed by atoms with Crippen molar-refractivity contribution in [2.24, 2.45) is 5.10 Å². The second-order valence-corrected chi connectivity index (χ2v) is 7.65. The highest BCUT2D eigenvalue weighted by molar-refractivity contribution is 6.24. The Morgan fingerprint density at radius 1 is 0.969 bits per heavy atom. The van der Waals surface area contributed by atoms with Crippen LogP contribution in [0.3, 0.4) is 0 Å². The molecule has 0 saturated carbocycles. The third kappa shape index (κ3) is 3.52. The predicted octanol–water partition coefficient (Wildman–Crippen LogP) is 4.55. The van der Waals surface area contributed by atoms with Crippen LogP contribution in [0.1, 0.15) is 38.8 Å². The molecule has 1 aliphatic rings. The third-order valence-corrected chi connectivity index (χ3v) is 5.61. The number of anilines is 1. The van der Waals surface area contributed by atoms with E-state index in [-0.39, 0.29) is 11.8 Å². The van der Waals surface area contributed by atoms with Gasteiger partial charge in [-0.2, -0.15) is 5.10 Å². The number of hydrogen-bond acceptors (Lipinski definition) is 4. The highest BCUT2D eigenvalue weighted by Crippen LogP contribution is 2.37. The Kier molecular flexibility index (Phi) is 4.95. The quantitative estimate of drug-likeness (QED) is 0.380. The maximum absolute atomic E-state index is 13.0. The molecular formula is C26H20N4O2. The largest absolute Gasteiger partial charge is 0.303 e. The number of pyridine rings is 1. The standard InChI is InChI=1S/C26H20N4O2/c1-17(21-7-4-14-27-15-21)28-29-25(31)20-12-10-18(11-13-20)16-30-23-9-3-6-19-5-2-8-22(24(19)23)26(30)32/h2-15H,16H2,1H3,(H,29,31). The van der Waals surface area contributed by atoms with Crippen molar-refractivity contribution in [3.05, 3.63) is 107 Å². The van der Waals surface area contributed by atoms with Gasteiger partial charge in [0.1, 0.15) is 0 Å². The number of benzene rings is 3. The molecule has 1 N–H and O–H groups in total. The van der Waals surface area contributed by atoms with Crippen LogP contribution in [0, 0.1) is 0 Å². The van der Waals surface area contributed by atoms with Crippen LogP contribution in [0.4, 0.5) is 5.69 Å². The van der Waals surface area contributed by atoms with Gasteiger partial charge in [-0.15, -0.1) is 0 Å². The number of aromatic nitrogens is 1. The topological polar surface area (TPSA) is 74.7 Å². The molecule has 3 aromatic carbocycles. The van der Waals surface area contributed by atoms with Gasteiger partial charge < -0.3 is 4.90 Å². The van der Waals surface area contributed by atoms with Crippen LogP contribution in [0.2, 0.25) is 0 Å². The van der Waals surface area contributed by atoms with Crippen molar-refractivity contribution in [2.75, 3.05) is 4.90 Å². The van der Waals surface area contributed by atoms with Gasteiger partial charge >= 0.3 is 0 Å². The first kappa shape index (κ1) is 19.6. The van der Waals surface area contributed by atoms with Gasteiger partial charge in [0, 0.05) is 34.5 Å². The number of carbonyl (C=O) groups is 2. The lowest BCUT2D eigenvalue weighted by molar-refractivity contribution is 0.0953. The van der Waals surface area contributed by atoms with Crippen molar-refractivity contribution in [3.63, 3.8) is 0 Å². The first-order chi connectivity index (χ1) is 15.6. The summed E-state index contributed by atoms with van der Waals surface area (Å²) in [6.45, 7) is 2.25. The molecule has 6 heteroatoms. The lowest BCUT2D eigenvalue weighted by Gasteiger charge is -2.18. The van der Waals surface area contributed by atoms with Crippen LogP contribution < -0.4 is 10.3 Å². The summed E-state index contributed by atoms with van der Waals surface area (Å²) in [5.74, 6) is -0.298. The van der Waals surface area contributed by atoms with Crippen molar-refractivity contribution in [3.8, 4) is 0 Å². The highest BCUT2D eigenvalue weighted by atomic mass is 16.2. The average Bonchev–Trinajstić information content (AvgIpc) is 3.11. The highest BCUT2D eigenvalue weighted by Gasteiger charge is 2.29. The first-order valence-electron chi connectivity index (χ1n) is 10.3. The monoisotopic (exact) mass is 420 g/mol. The fourth-order valence-electron chi connectivity index (χ4n) is 3.92. The zero-order chi connectivity index (χ0) is 22.1. The zero-order valence-corrected chi connectivity index (χ0v) is 17.4. The molecule has 0 saturated heterocycles. The molecule has 2 amide bonds. The molecule has 4 aromatic rings. The minimum absolute atomic E-state index is 0.00108. The normalized spacial score (nSPS) is 13.0. The fourth-order valence-corrected chi connectivity index (χ4v) is 3.92. The molecule has 0 aliphatic carbocycles. The molecule has 0 unspecified atom stereocenters. The Balaban J connectivity index is 1.30. The summed E-state index contributed by atoms with van der Waals surface area (Å²) in [6.07, 6.45) is 3.38. The number of carbonyl (C=O) groups excluding carboxylic acids is 2. The summed E-state index contributed by atoms with van der Waals surface area (Å²) >= 11 is 0. The zero-order valence-electron chi connectivity index (χ0n) is 17.4. The fraction of sp³-hybridized carbons (Fsp3) is 0.0769.